The quantitative estimate of drug-likeness (QED) is 0.392. The summed E-state index contributed by atoms with van der Waals surface area (Å²) >= 11 is 1.30. The van der Waals surface area contributed by atoms with E-state index >= 15 is 0 Å². The number of hydrogen-bond acceptors (Lipinski definition) is 6. The lowest BCUT2D eigenvalue weighted by Crippen LogP contribution is -2.25. The second kappa shape index (κ2) is 10.8. The van der Waals surface area contributed by atoms with Crippen molar-refractivity contribution in [1.82, 2.24) is 5.32 Å². The summed E-state index contributed by atoms with van der Waals surface area (Å²) in [4.78, 5) is 12.2. The van der Waals surface area contributed by atoms with E-state index in [1.165, 1.54) is 23.9 Å². The third-order valence-corrected chi connectivity index (χ3v) is 5.96. The van der Waals surface area contributed by atoms with Crippen LogP contribution in [-0.2, 0) is 17.8 Å². The summed E-state index contributed by atoms with van der Waals surface area (Å²) in [6.45, 7) is 0.439. The summed E-state index contributed by atoms with van der Waals surface area (Å²) in [6, 6.07) is 21.5. The van der Waals surface area contributed by atoms with Crippen molar-refractivity contribution in [1.29, 1.82) is 0 Å². The first-order chi connectivity index (χ1) is 16.1. The molecule has 4 rings (SSSR count). The molecule has 1 fully saturated rings. The standard InChI is InChI=1S/C25H22FN3O3S/c1-31-22-13-19(9-12-21(22)32-16-18-5-3-2-4-6-18)15-27-29-25-28-24(30)23(33-25)14-17-7-10-20(26)11-8-17/h2-13,15,23H,14,16H2,1H3,(H,28,29,30). The van der Waals surface area contributed by atoms with Crippen LogP contribution in [0.1, 0.15) is 16.7 Å². The number of amidine groups is 1. The molecule has 0 aromatic heterocycles. The average Bonchev–Trinajstić information content (AvgIpc) is 3.19. The number of carbonyl (C=O) groups excluding carboxylic acids is 1. The molecule has 0 saturated carbocycles. The van der Waals surface area contributed by atoms with E-state index in [-0.39, 0.29) is 17.0 Å². The van der Waals surface area contributed by atoms with E-state index in [9.17, 15) is 9.18 Å². The van der Waals surface area contributed by atoms with Gasteiger partial charge in [-0.15, -0.1) is 5.10 Å². The first kappa shape index (κ1) is 22.5. The van der Waals surface area contributed by atoms with E-state index in [0.29, 0.717) is 29.7 Å². The monoisotopic (exact) mass is 463 g/mol. The van der Waals surface area contributed by atoms with Crippen LogP contribution in [0.4, 0.5) is 4.39 Å². The van der Waals surface area contributed by atoms with Crippen molar-refractivity contribution in [3.63, 3.8) is 0 Å². The second-order valence-corrected chi connectivity index (χ2v) is 8.45. The Hall–Kier alpha value is -3.65. The van der Waals surface area contributed by atoms with Gasteiger partial charge in [0.15, 0.2) is 16.7 Å². The first-order valence-electron chi connectivity index (χ1n) is 10.3. The third-order valence-electron chi connectivity index (χ3n) is 4.89. The molecule has 1 heterocycles. The topological polar surface area (TPSA) is 72.3 Å². The maximum Gasteiger partial charge on any atom is 0.239 e. The minimum absolute atomic E-state index is 0.139. The molecule has 1 aliphatic rings. The van der Waals surface area contributed by atoms with Gasteiger partial charge >= 0.3 is 0 Å². The fourth-order valence-corrected chi connectivity index (χ4v) is 4.15. The number of methoxy groups -OCH3 is 1. The SMILES string of the molecule is COc1cc(C=NN=C2NC(=O)C(Cc3ccc(F)cc3)S2)ccc1OCc1ccccc1. The van der Waals surface area contributed by atoms with Crippen molar-refractivity contribution >= 4 is 29.1 Å². The molecule has 3 aromatic carbocycles. The van der Waals surface area contributed by atoms with Gasteiger partial charge < -0.3 is 14.8 Å². The van der Waals surface area contributed by atoms with Crippen molar-refractivity contribution in [2.75, 3.05) is 7.11 Å². The van der Waals surface area contributed by atoms with E-state index in [0.717, 1.165) is 16.7 Å². The van der Waals surface area contributed by atoms with Gasteiger partial charge in [-0.25, -0.2) is 4.39 Å². The van der Waals surface area contributed by atoms with Gasteiger partial charge in [-0.1, -0.05) is 54.2 Å². The van der Waals surface area contributed by atoms with Crippen molar-refractivity contribution in [3.8, 4) is 11.5 Å². The van der Waals surface area contributed by atoms with Gasteiger partial charge in [0.2, 0.25) is 5.91 Å². The van der Waals surface area contributed by atoms with Gasteiger partial charge in [-0.05, 0) is 53.4 Å². The van der Waals surface area contributed by atoms with Crippen LogP contribution in [0.5, 0.6) is 11.5 Å². The first-order valence-corrected chi connectivity index (χ1v) is 11.2. The Kier molecular flexibility index (Phi) is 7.36. The number of hydrogen-bond donors (Lipinski definition) is 1. The number of thioether (sulfide) groups is 1. The zero-order valence-electron chi connectivity index (χ0n) is 17.9. The van der Waals surface area contributed by atoms with Crippen molar-refractivity contribution in [3.05, 3.63) is 95.3 Å². The molecular weight excluding hydrogens is 441 g/mol. The number of benzene rings is 3. The van der Waals surface area contributed by atoms with Crippen molar-refractivity contribution in [2.24, 2.45) is 10.2 Å². The highest BCUT2D eigenvalue weighted by atomic mass is 32.2. The van der Waals surface area contributed by atoms with Gasteiger partial charge in [0.1, 0.15) is 12.4 Å². The maximum atomic E-state index is 13.1. The fourth-order valence-electron chi connectivity index (χ4n) is 3.19. The van der Waals surface area contributed by atoms with Crippen LogP contribution in [0.3, 0.4) is 0 Å². The van der Waals surface area contributed by atoms with Gasteiger partial charge in [-0.3, -0.25) is 4.79 Å². The average molecular weight is 464 g/mol. The molecule has 1 aliphatic heterocycles. The molecule has 33 heavy (non-hydrogen) atoms. The Morgan fingerprint density at radius 2 is 1.82 bits per heavy atom. The van der Waals surface area contributed by atoms with Gasteiger partial charge in [-0.2, -0.15) is 5.10 Å². The predicted octanol–water partition coefficient (Wildman–Crippen LogP) is 4.58. The Morgan fingerprint density at radius 1 is 1.03 bits per heavy atom. The second-order valence-electron chi connectivity index (χ2n) is 7.26. The molecule has 1 atom stereocenters. The lowest BCUT2D eigenvalue weighted by Gasteiger charge is -2.11. The van der Waals surface area contributed by atoms with Gasteiger partial charge in [0.05, 0.1) is 18.6 Å². The molecule has 6 nitrogen and oxygen atoms in total. The Bertz CT molecular complexity index is 1170. The summed E-state index contributed by atoms with van der Waals surface area (Å²) in [6.07, 6.45) is 2.07. The number of halogens is 1. The summed E-state index contributed by atoms with van der Waals surface area (Å²) in [5.41, 5.74) is 2.73. The molecule has 1 N–H and O–H groups in total. The number of amides is 1. The normalized spacial score (nSPS) is 16.8. The van der Waals surface area contributed by atoms with Crippen molar-refractivity contribution in [2.45, 2.75) is 18.3 Å². The van der Waals surface area contributed by atoms with Crippen LogP contribution < -0.4 is 14.8 Å². The number of carbonyl (C=O) groups is 1. The highest BCUT2D eigenvalue weighted by molar-refractivity contribution is 8.15. The van der Waals surface area contributed by atoms with Gasteiger partial charge in [0, 0.05) is 0 Å². The van der Waals surface area contributed by atoms with E-state index in [4.69, 9.17) is 9.47 Å². The van der Waals surface area contributed by atoms with E-state index in [1.807, 2.05) is 48.5 Å². The summed E-state index contributed by atoms with van der Waals surface area (Å²) in [5.74, 6) is 0.781. The molecule has 1 unspecified atom stereocenters. The maximum absolute atomic E-state index is 13.1. The van der Waals surface area contributed by atoms with Gasteiger partial charge in [0.25, 0.3) is 0 Å². The Balaban J connectivity index is 1.36. The summed E-state index contributed by atoms with van der Waals surface area (Å²) in [7, 11) is 1.58. The lowest BCUT2D eigenvalue weighted by molar-refractivity contribution is -0.118. The van der Waals surface area contributed by atoms with E-state index in [1.54, 1.807) is 25.5 Å². The van der Waals surface area contributed by atoms with Crippen LogP contribution in [-0.4, -0.2) is 29.6 Å². The number of ether oxygens (including phenoxy) is 2. The minimum atomic E-state index is -0.328. The van der Waals surface area contributed by atoms with Crippen molar-refractivity contribution < 1.29 is 18.7 Å². The molecule has 168 valence electrons. The molecular formula is C25H22FN3O3S. The van der Waals surface area contributed by atoms with Crippen LogP contribution in [0.15, 0.2) is 83.0 Å². The zero-order valence-corrected chi connectivity index (χ0v) is 18.7. The highest BCUT2D eigenvalue weighted by Gasteiger charge is 2.30. The van der Waals surface area contributed by atoms with Crippen LogP contribution in [0.25, 0.3) is 0 Å². The predicted molar refractivity (Wildman–Crippen MR) is 128 cm³/mol. The molecule has 3 aromatic rings. The molecule has 0 spiro atoms. The third kappa shape index (κ3) is 6.20. The largest absolute Gasteiger partial charge is 0.493 e. The fraction of sp³-hybridized carbons (Fsp3) is 0.160. The van der Waals surface area contributed by atoms with Crippen LogP contribution >= 0.6 is 11.8 Å². The number of nitrogens with zero attached hydrogens (tertiary/aromatic N) is 2. The number of nitrogens with one attached hydrogen (secondary N) is 1. The van der Waals surface area contributed by atoms with Crippen LogP contribution in [0, 0.1) is 5.82 Å². The molecule has 1 saturated heterocycles. The molecule has 0 bridgehead atoms. The minimum Gasteiger partial charge on any atom is -0.493 e. The Labute approximate surface area is 195 Å². The number of rotatable bonds is 8. The molecule has 8 heteroatoms. The van der Waals surface area contributed by atoms with E-state index < -0.39 is 0 Å². The molecule has 0 aliphatic carbocycles. The van der Waals surface area contributed by atoms with E-state index in [2.05, 4.69) is 15.5 Å². The molecule has 1 amide bonds. The summed E-state index contributed by atoms with van der Waals surface area (Å²) in [5, 5.41) is 11.0. The Morgan fingerprint density at radius 3 is 2.58 bits per heavy atom. The van der Waals surface area contributed by atoms with Crippen LogP contribution in [0.2, 0.25) is 0 Å². The summed E-state index contributed by atoms with van der Waals surface area (Å²) < 4.78 is 24.4. The smallest absolute Gasteiger partial charge is 0.239 e. The zero-order chi connectivity index (χ0) is 23.0. The highest BCUT2D eigenvalue weighted by Crippen LogP contribution is 2.28. The lowest BCUT2D eigenvalue weighted by atomic mass is 10.1. The molecule has 0 radical (unpaired) electrons.